The van der Waals surface area contributed by atoms with Gasteiger partial charge in [0.15, 0.2) is 13.2 Å². The molecule has 0 unspecified atom stereocenters. The predicted molar refractivity (Wildman–Crippen MR) is 118 cm³/mol. The van der Waals surface area contributed by atoms with Crippen molar-refractivity contribution < 1.29 is 27.5 Å². The molecule has 1 fully saturated rings. The summed E-state index contributed by atoms with van der Waals surface area (Å²) in [7, 11) is -3.78. The van der Waals surface area contributed by atoms with Crippen LogP contribution in [0.4, 0.5) is 5.69 Å². The first-order valence-electron chi connectivity index (χ1n) is 9.97. The Balaban J connectivity index is 1.36. The van der Waals surface area contributed by atoms with Gasteiger partial charge in [-0.05, 0) is 48.9 Å². The van der Waals surface area contributed by atoms with E-state index < -0.39 is 10.0 Å². The molecule has 2 aliphatic heterocycles. The zero-order chi connectivity index (χ0) is 22.9. The Morgan fingerprint density at radius 1 is 1.16 bits per heavy atom. The minimum atomic E-state index is -3.78. The summed E-state index contributed by atoms with van der Waals surface area (Å²) in [4.78, 5) is 25.7. The van der Waals surface area contributed by atoms with E-state index in [9.17, 15) is 18.0 Å². The Bertz CT molecular complexity index is 1160. The number of nitrogens with one attached hydrogen (secondary N) is 1. The van der Waals surface area contributed by atoms with Gasteiger partial charge in [-0.3, -0.25) is 9.59 Å². The number of hydrogen-bond donors (Lipinski definition) is 1. The van der Waals surface area contributed by atoms with Crippen LogP contribution in [0.2, 0.25) is 5.02 Å². The number of carbonyl (C=O) groups is 2. The molecule has 2 heterocycles. The molecule has 0 spiro atoms. The van der Waals surface area contributed by atoms with Gasteiger partial charge in [-0.15, -0.1) is 0 Å². The van der Waals surface area contributed by atoms with Crippen molar-refractivity contribution in [2.24, 2.45) is 0 Å². The Morgan fingerprint density at radius 3 is 2.62 bits per heavy atom. The van der Waals surface area contributed by atoms with Crippen molar-refractivity contribution in [2.45, 2.75) is 11.8 Å². The highest BCUT2D eigenvalue weighted by Crippen LogP contribution is 2.31. The van der Waals surface area contributed by atoms with Gasteiger partial charge in [-0.2, -0.15) is 4.31 Å². The number of piperazine rings is 1. The van der Waals surface area contributed by atoms with Gasteiger partial charge in [-0.1, -0.05) is 11.6 Å². The molecule has 0 aliphatic carbocycles. The van der Waals surface area contributed by atoms with E-state index in [1.54, 1.807) is 23.1 Å². The van der Waals surface area contributed by atoms with Crippen LogP contribution in [-0.4, -0.2) is 68.8 Å². The Hall–Kier alpha value is -2.82. The summed E-state index contributed by atoms with van der Waals surface area (Å²) in [6.45, 7) is 2.43. The number of fused-ring (bicyclic) bond motifs is 1. The zero-order valence-corrected chi connectivity index (χ0v) is 18.9. The average molecular weight is 480 g/mol. The predicted octanol–water partition coefficient (Wildman–Crippen LogP) is 1.89. The molecular formula is C21H22ClN3O6S. The summed E-state index contributed by atoms with van der Waals surface area (Å²) in [6.07, 6.45) is 0. The van der Waals surface area contributed by atoms with Crippen molar-refractivity contribution in [3.63, 3.8) is 0 Å². The number of hydrogen-bond acceptors (Lipinski definition) is 6. The fourth-order valence-corrected chi connectivity index (χ4v) is 5.23. The zero-order valence-electron chi connectivity index (χ0n) is 17.3. The second-order valence-corrected chi connectivity index (χ2v) is 9.85. The molecule has 4 rings (SSSR count). The van der Waals surface area contributed by atoms with Crippen molar-refractivity contribution in [1.29, 1.82) is 0 Å². The number of halogens is 1. The molecule has 2 aromatic carbocycles. The molecule has 1 saturated heterocycles. The number of aryl methyl sites for hydroxylation is 1. The molecule has 2 aliphatic rings. The van der Waals surface area contributed by atoms with Crippen LogP contribution in [0.15, 0.2) is 41.3 Å². The third-order valence-corrected chi connectivity index (χ3v) is 7.43. The quantitative estimate of drug-likeness (QED) is 0.702. The van der Waals surface area contributed by atoms with E-state index in [-0.39, 0.29) is 56.1 Å². The molecule has 1 N–H and O–H groups in total. The molecule has 0 bridgehead atoms. The number of benzene rings is 2. The maximum absolute atomic E-state index is 13.0. The lowest BCUT2D eigenvalue weighted by molar-refractivity contribution is -0.134. The van der Waals surface area contributed by atoms with Crippen molar-refractivity contribution in [3.8, 4) is 11.5 Å². The fraction of sp³-hybridized carbons (Fsp3) is 0.333. The van der Waals surface area contributed by atoms with E-state index in [1.165, 1.54) is 22.5 Å². The molecular weight excluding hydrogens is 458 g/mol. The molecule has 32 heavy (non-hydrogen) atoms. The van der Waals surface area contributed by atoms with Gasteiger partial charge in [0.05, 0.1) is 10.6 Å². The lowest BCUT2D eigenvalue weighted by Crippen LogP contribution is -2.51. The molecule has 2 amide bonds. The van der Waals surface area contributed by atoms with Gasteiger partial charge >= 0.3 is 0 Å². The summed E-state index contributed by atoms with van der Waals surface area (Å²) in [5.74, 6) is 0.447. The van der Waals surface area contributed by atoms with Crippen LogP contribution in [0.5, 0.6) is 11.5 Å². The molecule has 2 aromatic rings. The number of carbonyl (C=O) groups excluding carboxylic acids is 2. The van der Waals surface area contributed by atoms with Crippen LogP contribution < -0.4 is 14.8 Å². The number of nitrogens with zero attached hydrogens (tertiary/aromatic N) is 2. The molecule has 0 radical (unpaired) electrons. The Kier molecular flexibility index (Phi) is 6.27. The maximum atomic E-state index is 13.0. The van der Waals surface area contributed by atoms with Crippen molar-refractivity contribution in [2.75, 3.05) is 44.7 Å². The van der Waals surface area contributed by atoms with Crippen LogP contribution in [0, 0.1) is 6.92 Å². The maximum Gasteiger partial charge on any atom is 0.262 e. The topological polar surface area (TPSA) is 105 Å². The van der Waals surface area contributed by atoms with Gasteiger partial charge in [0, 0.05) is 31.2 Å². The minimum Gasteiger partial charge on any atom is -0.483 e. The summed E-state index contributed by atoms with van der Waals surface area (Å²) in [5, 5.41) is 3.20. The van der Waals surface area contributed by atoms with E-state index >= 15 is 0 Å². The fourth-order valence-electron chi connectivity index (χ4n) is 3.56. The monoisotopic (exact) mass is 479 g/mol. The van der Waals surface area contributed by atoms with E-state index in [0.29, 0.717) is 22.2 Å². The van der Waals surface area contributed by atoms with Gasteiger partial charge in [0.25, 0.3) is 11.8 Å². The lowest BCUT2D eigenvalue weighted by Gasteiger charge is -2.34. The number of amides is 2. The highest BCUT2D eigenvalue weighted by Gasteiger charge is 2.31. The Labute approximate surface area is 190 Å². The van der Waals surface area contributed by atoms with Gasteiger partial charge < -0.3 is 19.7 Å². The minimum absolute atomic E-state index is 0.0587. The number of anilines is 1. The average Bonchev–Trinajstić information content (AvgIpc) is 2.78. The van der Waals surface area contributed by atoms with Crippen LogP contribution in [-0.2, 0) is 19.6 Å². The van der Waals surface area contributed by atoms with Crippen molar-refractivity contribution in [3.05, 3.63) is 47.0 Å². The number of rotatable bonds is 5. The molecule has 9 nitrogen and oxygen atoms in total. The van der Waals surface area contributed by atoms with Crippen LogP contribution in [0.25, 0.3) is 0 Å². The first-order valence-corrected chi connectivity index (χ1v) is 11.8. The lowest BCUT2D eigenvalue weighted by atomic mass is 10.2. The summed E-state index contributed by atoms with van der Waals surface area (Å²) < 4.78 is 38.3. The van der Waals surface area contributed by atoms with Gasteiger partial charge in [-0.25, -0.2) is 8.42 Å². The molecule has 0 atom stereocenters. The van der Waals surface area contributed by atoms with Crippen molar-refractivity contribution in [1.82, 2.24) is 9.21 Å². The van der Waals surface area contributed by atoms with Gasteiger partial charge in [0.2, 0.25) is 10.0 Å². The summed E-state index contributed by atoms with van der Waals surface area (Å²) >= 11 is 5.93. The molecule has 0 saturated carbocycles. The standard InChI is InChI=1S/C21H22ClN3O6S/c1-14-10-15(22)2-4-18(14)31-13-21(27)24-6-8-25(9-7-24)32(28,29)16-3-5-19-17(11-16)23-20(26)12-30-19/h2-5,10-11H,6-9,12-13H2,1H3,(H,23,26). The SMILES string of the molecule is Cc1cc(Cl)ccc1OCC(=O)N1CCN(S(=O)(=O)c2ccc3c(c2)NC(=O)CO3)CC1. The molecule has 11 heteroatoms. The van der Waals surface area contributed by atoms with Gasteiger partial charge in [0.1, 0.15) is 11.5 Å². The van der Waals surface area contributed by atoms with Crippen molar-refractivity contribution >= 4 is 39.1 Å². The van der Waals surface area contributed by atoms with E-state index in [0.717, 1.165) is 5.56 Å². The molecule has 0 aromatic heterocycles. The second-order valence-electron chi connectivity index (χ2n) is 7.48. The van der Waals surface area contributed by atoms with Crippen LogP contribution in [0.1, 0.15) is 5.56 Å². The first-order chi connectivity index (χ1) is 15.2. The van der Waals surface area contributed by atoms with Crippen LogP contribution >= 0.6 is 11.6 Å². The second kappa shape index (κ2) is 8.97. The smallest absolute Gasteiger partial charge is 0.262 e. The van der Waals surface area contributed by atoms with Crippen LogP contribution in [0.3, 0.4) is 0 Å². The third kappa shape index (κ3) is 4.67. The van der Waals surface area contributed by atoms with E-state index in [1.807, 2.05) is 6.92 Å². The summed E-state index contributed by atoms with van der Waals surface area (Å²) in [6, 6.07) is 9.52. The first kappa shape index (κ1) is 22.4. The summed E-state index contributed by atoms with van der Waals surface area (Å²) in [5.41, 5.74) is 1.15. The molecule has 170 valence electrons. The Morgan fingerprint density at radius 2 is 1.91 bits per heavy atom. The highest BCUT2D eigenvalue weighted by molar-refractivity contribution is 7.89. The normalized spacial score (nSPS) is 16.7. The number of sulfonamides is 1. The van der Waals surface area contributed by atoms with E-state index in [4.69, 9.17) is 21.1 Å². The van der Waals surface area contributed by atoms with E-state index in [2.05, 4.69) is 5.32 Å². The largest absolute Gasteiger partial charge is 0.483 e. The third-order valence-electron chi connectivity index (χ3n) is 5.30. The highest BCUT2D eigenvalue weighted by atomic mass is 35.5. The number of ether oxygens (including phenoxy) is 2.